The minimum absolute atomic E-state index is 0.170. The monoisotopic (exact) mass is 504 g/mol. The van der Waals surface area contributed by atoms with Crippen molar-refractivity contribution in [1.29, 1.82) is 0 Å². The molecule has 1 amide bonds. The zero-order valence-corrected chi connectivity index (χ0v) is 18.8. The number of halogens is 3. The molecule has 0 spiro atoms. The molecule has 28 heavy (non-hydrogen) atoms. The molecule has 1 N–H and O–H groups in total. The highest BCUT2D eigenvalue weighted by molar-refractivity contribution is 9.10. The largest absolute Gasteiger partial charge is 0.326 e. The summed E-state index contributed by atoms with van der Waals surface area (Å²) in [4.78, 5) is 12.6. The van der Waals surface area contributed by atoms with Gasteiger partial charge in [-0.15, -0.1) is 0 Å². The lowest BCUT2D eigenvalue weighted by molar-refractivity contribution is -0.120. The van der Waals surface area contributed by atoms with Gasteiger partial charge in [-0.1, -0.05) is 51.3 Å². The zero-order chi connectivity index (χ0) is 20.3. The van der Waals surface area contributed by atoms with Crippen LogP contribution in [0.3, 0.4) is 0 Å². The number of anilines is 1. The highest BCUT2D eigenvalue weighted by Crippen LogP contribution is 2.26. The number of rotatable bonds is 5. The van der Waals surface area contributed by atoms with Gasteiger partial charge in [-0.25, -0.2) is 12.7 Å². The van der Waals surface area contributed by atoms with Crippen LogP contribution in [-0.2, 0) is 20.6 Å². The van der Waals surface area contributed by atoms with Crippen molar-refractivity contribution < 1.29 is 13.2 Å². The number of sulfonamides is 1. The lowest BCUT2D eigenvalue weighted by Gasteiger charge is -2.31. The van der Waals surface area contributed by atoms with Crippen LogP contribution in [-0.4, -0.2) is 31.7 Å². The van der Waals surface area contributed by atoms with E-state index in [1.807, 2.05) is 12.1 Å². The minimum Gasteiger partial charge on any atom is -0.326 e. The maximum absolute atomic E-state index is 12.8. The van der Waals surface area contributed by atoms with Crippen LogP contribution in [0, 0.1) is 5.92 Å². The van der Waals surface area contributed by atoms with Gasteiger partial charge in [0.2, 0.25) is 15.9 Å². The lowest BCUT2D eigenvalue weighted by Crippen LogP contribution is -2.44. The summed E-state index contributed by atoms with van der Waals surface area (Å²) in [7, 11) is -3.57. The second kappa shape index (κ2) is 9.13. The Balaban J connectivity index is 1.67. The smallest absolute Gasteiger partial charge is 0.228 e. The van der Waals surface area contributed by atoms with Crippen LogP contribution < -0.4 is 5.32 Å². The van der Waals surface area contributed by atoms with Crippen molar-refractivity contribution in [3.05, 3.63) is 62.5 Å². The van der Waals surface area contributed by atoms with Crippen molar-refractivity contribution in [3.63, 3.8) is 0 Å². The zero-order valence-electron chi connectivity index (χ0n) is 14.9. The van der Waals surface area contributed by atoms with E-state index in [0.717, 1.165) is 4.47 Å². The molecule has 1 unspecified atom stereocenters. The van der Waals surface area contributed by atoms with E-state index >= 15 is 0 Å². The van der Waals surface area contributed by atoms with E-state index in [4.69, 9.17) is 23.2 Å². The molecule has 1 aliphatic heterocycles. The molecule has 150 valence electrons. The van der Waals surface area contributed by atoms with Gasteiger partial charge >= 0.3 is 0 Å². The maximum Gasteiger partial charge on any atom is 0.228 e. The number of carbonyl (C=O) groups is 1. The number of hydrogen-bond acceptors (Lipinski definition) is 3. The normalized spacial score (nSPS) is 18.0. The maximum atomic E-state index is 12.8. The Labute approximate surface area is 183 Å². The number of benzene rings is 2. The fourth-order valence-electron chi connectivity index (χ4n) is 3.15. The van der Waals surface area contributed by atoms with Crippen LogP contribution in [0.25, 0.3) is 0 Å². The number of hydrogen-bond donors (Lipinski definition) is 1. The summed E-state index contributed by atoms with van der Waals surface area (Å²) in [5.41, 5.74) is 1.24. The van der Waals surface area contributed by atoms with Crippen molar-refractivity contribution in [1.82, 2.24) is 4.31 Å². The molecule has 0 aromatic heterocycles. The van der Waals surface area contributed by atoms with Crippen LogP contribution in [0.15, 0.2) is 46.9 Å². The lowest BCUT2D eigenvalue weighted by atomic mass is 9.99. The van der Waals surface area contributed by atoms with Gasteiger partial charge in [0.15, 0.2) is 0 Å². The Morgan fingerprint density at radius 1 is 1.18 bits per heavy atom. The van der Waals surface area contributed by atoms with Crippen molar-refractivity contribution in [3.8, 4) is 0 Å². The van der Waals surface area contributed by atoms with E-state index in [-0.39, 0.29) is 18.2 Å². The fraction of sp³-hybridized carbons (Fsp3) is 0.316. The summed E-state index contributed by atoms with van der Waals surface area (Å²) in [6.07, 6.45) is 1.29. The summed E-state index contributed by atoms with van der Waals surface area (Å²) in [6.45, 7) is 0.577. The summed E-state index contributed by atoms with van der Waals surface area (Å²) in [6, 6.07) is 12.1. The van der Waals surface area contributed by atoms with Crippen LogP contribution in [0.4, 0.5) is 5.69 Å². The van der Waals surface area contributed by atoms with E-state index in [1.165, 1.54) is 4.31 Å². The predicted octanol–water partition coefficient (Wildman–Crippen LogP) is 4.94. The van der Waals surface area contributed by atoms with Crippen LogP contribution >= 0.6 is 39.1 Å². The first-order valence-corrected chi connectivity index (χ1v) is 11.9. The van der Waals surface area contributed by atoms with E-state index in [9.17, 15) is 13.2 Å². The van der Waals surface area contributed by atoms with E-state index < -0.39 is 15.9 Å². The standard InChI is InChI=1S/C19H19BrCl2N2O3S/c20-15-4-1-5-16(10-15)23-19(25)14-3-2-8-24(11-14)28(26,27)12-13-6-7-17(21)18(22)9-13/h1,4-7,9-10,14H,2-3,8,11-12H2,(H,23,25). The van der Waals surface area contributed by atoms with Gasteiger partial charge in [-0.2, -0.15) is 0 Å². The summed E-state index contributed by atoms with van der Waals surface area (Å²) in [5, 5.41) is 3.56. The van der Waals surface area contributed by atoms with Gasteiger partial charge < -0.3 is 5.32 Å². The Hall–Kier alpha value is -1.12. The Kier molecular flexibility index (Phi) is 7.04. The first kappa shape index (κ1) is 21.6. The summed E-state index contributed by atoms with van der Waals surface area (Å²) >= 11 is 15.2. The predicted molar refractivity (Wildman–Crippen MR) is 116 cm³/mol. The second-order valence-electron chi connectivity index (χ2n) is 6.70. The van der Waals surface area contributed by atoms with Crippen molar-refractivity contribution in [2.45, 2.75) is 18.6 Å². The number of amides is 1. The quantitative estimate of drug-likeness (QED) is 0.626. The highest BCUT2D eigenvalue weighted by atomic mass is 79.9. The van der Waals surface area contributed by atoms with Crippen molar-refractivity contribution >= 4 is 60.7 Å². The fourth-order valence-corrected chi connectivity index (χ4v) is 5.47. The Morgan fingerprint density at radius 2 is 1.96 bits per heavy atom. The third-order valence-electron chi connectivity index (χ3n) is 4.57. The third-order valence-corrected chi connectivity index (χ3v) is 7.62. The Morgan fingerprint density at radius 3 is 2.68 bits per heavy atom. The number of carbonyl (C=O) groups excluding carboxylic acids is 1. The molecule has 0 bridgehead atoms. The molecule has 5 nitrogen and oxygen atoms in total. The van der Waals surface area contributed by atoms with Crippen LogP contribution in [0.2, 0.25) is 10.0 Å². The molecule has 1 heterocycles. The summed E-state index contributed by atoms with van der Waals surface area (Å²) in [5.74, 6) is -0.743. The van der Waals surface area contributed by atoms with Gasteiger partial charge in [0.25, 0.3) is 0 Å². The van der Waals surface area contributed by atoms with Gasteiger partial charge in [0, 0.05) is 23.2 Å². The molecular weight excluding hydrogens is 487 g/mol. The average molecular weight is 506 g/mol. The molecular formula is C19H19BrCl2N2O3S. The molecule has 1 atom stereocenters. The summed E-state index contributed by atoms with van der Waals surface area (Å²) < 4.78 is 27.9. The molecule has 3 rings (SSSR count). The molecule has 1 aliphatic rings. The number of nitrogens with zero attached hydrogens (tertiary/aromatic N) is 1. The van der Waals surface area contributed by atoms with Gasteiger partial charge in [-0.3, -0.25) is 4.79 Å². The molecule has 0 radical (unpaired) electrons. The SMILES string of the molecule is O=C(Nc1cccc(Br)c1)C1CCCN(S(=O)(=O)Cc2ccc(Cl)c(Cl)c2)C1. The minimum atomic E-state index is -3.57. The molecule has 0 aliphatic carbocycles. The molecule has 1 saturated heterocycles. The second-order valence-corrected chi connectivity index (χ2v) is 10.4. The molecule has 1 fully saturated rings. The third kappa shape index (κ3) is 5.48. The molecule has 2 aromatic rings. The van der Waals surface area contributed by atoms with E-state index in [0.29, 0.717) is 40.7 Å². The van der Waals surface area contributed by atoms with Gasteiger partial charge in [0.05, 0.1) is 21.7 Å². The number of piperidine rings is 1. The average Bonchev–Trinajstić information content (AvgIpc) is 2.65. The first-order valence-electron chi connectivity index (χ1n) is 8.73. The van der Waals surface area contributed by atoms with Crippen molar-refractivity contribution in [2.24, 2.45) is 5.92 Å². The van der Waals surface area contributed by atoms with Gasteiger partial charge in [0.1, 0.15) is 0 Å². The number of nitrogens with one attached hydrogen (secondary N) is 1. The molecule has 0 saturated carbocycles. The Bertz CT molecular complexity index is 985. The molecule has 9 heteroatoms. The van der Waals surface area contributed by atoms with Gasteiger partial charge in [-0.05, 0) is 48.7 Å². The highest BCUT2D eigenvalue weighted by Gasteiger charge is 2.32. The van der Waals surface area contributed by atoms with Crippen LogP contribution in [0.1, 0.15) is 18.4 Å². The van der Waals surface area contributed by atoms with Crippen molar-refractivity contribution in [2.75, 3.05) is 18.4 Å². The van der Waals surface area contributed by atoms with E-state index in [2.05, 4.69) is 21.2 Å². The molecule has 2 aromatic carbocycles. The van der Waals surface area contributed by atoms with Crippen LogP contribution in [0.5, 0.6) is 0 Å². The topological polar surface area (TPSA) is 66.5 Å². The first-order chi connectivity index (χ1) is 13.2. The van der Waals surface area contributed by atoms with E-state index in [1.54, 1.807) is 30.3 Å².